The maximum absolute atomic E-state index is 13.0. The van der Waals surface area contributed by atoms with Crippen molar-refractivity contribution < 1.29 is 13.9 Å². The van der Waals surface area contributed by atoms with E-state index < -0.39 is 0 Å². The Morgan fingerprint density at radius 2 is 1.91 bits per heavy atom. The second-order valence-electron chi connectivity index (χ2n) is 5.18. The summed E-state index contributed by atoms with van der Waals surface area (Å²) in [5, 5.41) is 0. The average molecular weight is 301 g/mol. The number of Topliss-reactive ketones (excluding diaryl/α,β-unsaturated/α-hetero) is 1. The Labute approximate surface area is 130 Å². The fourth-order valence-corrected chi connectivity index (χ4v) is 2.44. The minimum atomic E-state index is -0.256. The molecule has 0 radical (unpaired) electrons. The third-order valence-corrected chi connectivity index (χ3v) is 3.64. The molecule has 2 rings (SSSR count). The molecule has 0 bridgehead atoms. The van der Waals surface area contributed by atoms with E-state index in [-0.39, 0.29) is 17.4 Å². The van der Waals surface area contributed by atoms with E-state index in [9.17, 15) is 9.18 Å². The van der Waals surface area contributed by atoms with Gasteiger partial charge in [0.25, 0.3) is 0 Å². The van der Waals surface area contributed by atoms with Gasteiger partial charge in [-0.25, -0.2) is 4.39 Å². The van der Waals surface area contributed by atoms with Crippen LogP contribution in [0.1, 0.15) is 34.2 Å². The van der Waals surface area contributed by atoms with Crippen molar-refractivity contribution in [3.63, 3.8) is 0 Å². The molecular formula is C18H20FNO2. The highest BCUT2D eigenvalue weighted by Gasteiger charge is 2.19. The third-order valence-electron chi connectivity index (χ3n) is 3.64. The van der Waals surface area contributed by atoms with E-state index in [0.717, 1.165) is 17.0 Å². The van der Waals surface area contributed by atoms with Crippen molar-refractivity contribution in [2.75, 3.05) is 6.61 Å². The van der Waals surface area contributed by atoms with Crippen LogP contribution in [0.4, 0.5) is 4.39 Å². The number of carbonyl (C=O) groups excluding carboxylic acids is 1. The van der Waals surface area contributed by atoms with Crippen LogP contribution in [0, 0.1) is 19.7 Å². The molecule has 22 heavy (non-hydrogen) atoms. The molecule has 0 aliphatic carbocycles. The number of hydrogen-bond acceptors (Lipinski definition) is 2. The van der Waals surface area contributed by atoms with Crippen LogP contribution in [0.15, 0.2) is 42.7 Å². The lowest BCUT2D eigenvalue weighted by molar-refractivity contribution is 0.0928. The number of carbonyl (C=O) groups is 1. The molecule has 0 unspecified atom stereocenters. The van der Waals surface area contributed by atoms with E-state index in [1.807, 2.05) is 31.4 Å². The summed E-state index contributed by atoms with van der Waals surface area (Å²) < 4.78 is 20.2. The topological polar surface area (TPSA) is 31.2 Å². The first-order valence-corrected chi connectivity index (χ1v) is 7.21. The van der Waals surface area contributed by atoms with Gasteiger partial charge in [0.05, 0.1) is 6.61 Å². The van der Waals surface area contributed by atoms with Crippen LogP contribution >= 0.6 is 0 Å². The SMILES string of the molecule is C=C(OCC)C(=O)c1cc(C)n(Cc2ccc(F)cc2)c1C. The summed E-state index contributed by atoms with van der Waals surface area (Å²) in [6.07, 6.45) is 0. The van der Waals surface area contributed by atoms with Crippen LogP contribution in [-0.2, 0) is 11.3 Å². The highest BCUT2D eigenvalue weighted by molar-refractivity contribution is 6.07. The van der Waals surface area contributed by atoms with Crippen LogP contribution in [0.25, 0.3) is 0 Å². The number of ether oxygens (including phenoxy) is 1. The monoisotopic (exact) mass is 301 g/mol. The van der Waals surface area contributed by atoms with Crippen LogP contribution in [0.2, 0.25) is 0 Å². The minimum Gasteiger partial charge on any atom is -0.490 e. The lowest BCUT2D eigenvalue weighted by atomic mass is 10.1. The number of halogens is 1. The molecule has 0 spiro atoms. The van der Waals surface area contributed by atoms with E-state index in [0.29, 0.717) is 18.7 Å². The number of ketones is 1. The molecule has 0 atom stereocenters. The van der Waals surface area contributed by atoms with E-state index in [1.165, 1.54) is 12.1 Å². The van der Waals surface area contributed by atoms with Gasteiger partial charge < -0.3 is 9.30 Å². The van der Waals surface area contributed by atoms with Crippen molar-refractivity contribution in [2.45, 2.75) is 27.3 Å². The van der Waals surface area contributed by atoms with Gasteiger partial charge in [-0.2, -0.15) is 0 Å². The molecule has 0 amide bonds. The molecule has 1 heterocycles. The summed E-state index contributed by atoms with van der Waals surface area (Å²) >= 11 is 0. The number of allylic oxidation sites excluding steroid dienone is 1. The Balaban J connectivity index is 2.29. The highest BCUT2D eigenvalue weighted by atomic mass is 19.1. The smallest absolute Gasteiger partial charge is 0.228 e. The largest absolute Gasteiger partial charge is 0.490 e. The second kappa shape index (κ2) is 6.60. The van der Waals surface area contributed by atoms with Crippen LogP contribution in [0.5, 0.6) is 0 Å². The Morgan fingerprint density at radius 1 is 1.27 bits per heavy atom. The van der Waals surface area contributed by atoms with Gasteiger partial charge >= 0.3 is 0 Å². The lowest BCUT2D eigenvalue weighted by Gasteiger charge is -2.10. The van der Waals surface area contributed by atoms with E-state index in [4.69, 9.17) is 4.74 Å². The standard InChI is InChI=1S/C18H20FNO2/c1-5-22-14(4)18(21)17-10-12(2)20(13(17)3)11-15-6-8-16(19)9-7-15/h6-10H,4-5,11H2,1-3H3. The van der Waals surface area contributed by atoms with Gasteiger partial charge in [0, 0.05) is 23.5 Å². The number of benzene rings is 1. The molecule has 1 aromatic heterocycles. The summed E-state index contributed by atoms with van der Waals surface area (Å²) in [5.74, 6) is -0.293. The predicted octanol–water partition coefficient (Wildman–Crippen LogP) is 4.03. The quantitative estimate of drug-likeness (QED) is 0.458. The van der Waals surface area contributed by atoms with Gasteiger partial charge in [0.1, 0.15) is 5.82 Å². The van der Waals surface area contributed by atoms with Gasteiger partial charge in [-0.3, -0.25) is 4.79 Å². The third kappa shape index (κ3) is 3.27. The highest BCUT2D eigenvalue weighted by Crippen LogP contribution is 2.20. The lowest BCUT2D eigenvalue weighted by Crippen LogP contribution is -2.09. The van der Waals surface area contributed by atoms with Gasteiger partial charge in [-0.15, -0.1) is 0 Å². The molecule has 3 nitrogen and oxygen atoms in total. The summed E-state index contributed by atoms with van der Waals surface area (Å²) in [7, 11) is 0. The number of hydrogen-bond donors (Lipinski definition) is 0. The average Bonchev–Trinajstić information content (AvgIpc) is 2.77. The number of nitrogens with zero attached hydrogens (tertiary/aromatic N) is 1. The first kappa shape index (κ1) is 16.0. The van der Waals surface area contributed by atoms with E-state index in [1.54, 1.807) is 12.1 Å². The Hall–Kier alpha value is -2.36. The van der Waals surface area contributed by atoms with Gasteiger partial charge in [0.15, 0.2) is 5.76 Å². The maximum atomic E-state index is 13.0. The molecule has 4 heteroatoms. The molecule has 0 saturated carbocycles. The summed E-state index contributed by atoms with van der Waals surface area (Å²) in [6.45, 7) is 10.3. The van der Waals surface area contributed by atoms with Crippen LogP contribution in [-0.4, -0.2) is 17.0 Å². The number of aromatic nitrogens is 1. The zero-order valence-corrected chi connectivity index (χ0v) is 13.1. The molecular weight excluding hydrogens is 281 g/mol. The molecule has 1 aromatic carbocycles. The molecule has 116 valence electrons. The van der Waals surface area contributed by atoms with E-state index in [2.05, 4.69) is 6.58 Å². The number of aryl methyl sites for hydroxylation is 1. The van der Waals surface area contributed by atoms with E-state index >= 15 is 0 Å². The number of rotatable bonds is 6. The second-order valence-corrected chi connectivity index (χ2v) is 5.18. The Morgan fingerprint density at radius 3 is 2.50 bits per heavy atom. The summed E-state index contributed by atoms with van der Waals surface area (Å²) in [4.78, 5) is 12.3. The maximum Gasteiger partial charge on any atom is 0.228 e. The minimum absolute atomic E-state index is 0.157. The van der Waals surface area contributed by atoms with Crippen molar-refractivity contribution in [1.82, 2.24) is 4.57 Å². The fourth-order valence-electron chi connectivity index (χ4n) is 2.44. The van der Waals surface area contributed by atoms with Crippen molar-refractivity contribution in [3.8, 4) is 0 Å². The summed E-state index contributed by atoms with van der Waals surface area (Å²) in [5.41, 5.74) is 3.39. The van der Waals surface area contributed by atoms with Crippen LogP contribution < -0.4 is 0 Å². The van der Waals surface area contributed by atoms with Gasteiger partial charge in [-0.1, -0.05) is 18.7 Å². The van der Waals surface area contributed by atoms with Gasteiger partial charge in [0.2, 0.25) is 5.78 Å². The first-order valence-electron chi connectivity index (χ1n) is 7.21. The predicted molar refractivity (Wildman–Crippen MR) is 84.5 cm³/mol. The normalized spacial score (nSPS) is 10.5. The zero-order valence-electron chi connectivity index (χ0n) is 13.1. The van der Waals surface area contributed by atoms with Crippen molar-refractivity contribution in [3.05, 3.63) is 71.0 Å². The van der Waals surface area contributed by atoms with Crippen molar-refractivity contribution >= 4 is 5.78 Å². The Bertz CT molecular complexity index is 699. The molecule has 0 saturated heterocycles. The molecule has 0 aliphatic rings. The van der Waals surface area contributed by atoms with Gasteiger partial charge in [-0.05, 0) is 44.5 Å². The van der Waals surface area contributed by atoms with Crippen molar-refractivity contribution in [2.24, 2.45) is 0 Å². The fraction of sp³-hybridized carbons (Fsp3) is 0.278. The first-order chi connectivity index (χ1) is 10.4. The van der Waals surface area contributed by atoms with Crippen LogP contribution in [0.3, 0.4) is 0 Å². The molecule has 0 aliphatic heterocycles. The Kier molecular flexibility index (Phi) is 4.81. The molecule has 0 fully saturated rings. The molecule has 0 N–H and O–H groups in total. The summed E-state index contributed by atoms with van der Waals surface area (Å²) in [6, 6.07) is 8.20. The molecule has 2 aromatic rings. The van der Waals surface area contributed by atoms with Crippen molar-refractivity contribution in [1.29, 1.82) is 0 Å². The zero-order chi connectivity index (χ0) is 16.3.